The van der Waals surface area contributed by atoms with Crippen molar-refractivity contribution in [3.8, 4) is 22.8 Å². The van der Waals surface area contributed by atoms with Crippen LogP contribution in [0.1, 0.15) is 33.6 Å². The van der Waals surface area contributed by atoms with Crippen LogP contribution in [-0.2, 0) is 34.2 Å². The average Bonchev–Trinajstić information content (AvgIpc) is 3.71. The van der Waals surface area contributed by atoms with E-state index in [2.05, 4.69) is 17.2 Å². The van der Waals surface area contributed by atoms with Crippen molar-refractivity contribution in [2.24, 2.45) is 11.3 Å². The molecule has 3 N–H and O–H groups in total. The van der Waals surface area contributed by atoms with Gasteiger partial charge < -0.3 is 29.7 Å². The molecule has 1 saturated carbocycles. The Balaban J connectivity index is 1.52. The minimum Gasteiger partial charge on any atom is -0.497 e. The van der Waals surface area contributed by atoms with Crippen LogP contribution >= 0.6 is 0 Å². The molecule has 2 aromatic carbocycles. The topological polar surface area (TPSA) is 195 Å². The number of pyridine rings is 1. The number of fused-ring (bicyclic) bond motifs is 1. The summed E-state index contributed by atoms with van der Waals surface area (Å²) < 4.78 is 44.6. The largest absolute Gasteiger partial charge is 0.497 e. The van der Waals surface area contributed by atoms with Crippen LogP contribution in [0.5, 0.6) is 11.5 Å². The van der Waals surface area contributed by atoms with Crippen LogP contribution in [0.3, 0.4) is 0 Å². The average molecular weight is 767 g/mol. The number of amides is 4. The van der Waals surface area contributed by atoms with E-state index < -0.39 is 69.1 Å². The normalized spacial score (nSPS) is 21.6. The number of carbonyl (C=O) groups excluding carboxylic acids is 4. The molecule has 0 bridgehead atoms. The van der Waals surface area contributed by atoms with Gasteiger partial charge in [0.2, 0.25) is 11.8 Å². The van der Waals surface area contributed by atoms with Gasteiger partial charge in [-0.1, -0.05) is 61.6 Å². The van der Waals surface area contributed by atoms with Crippen molar-refractivity contribution < 1.29 is 46.6 Å². The zero-order valence-corrected chi connectivity index (χ0v) is 32.1. The highest BCUT2D eigenvalue weighted by atomic mass is 32.2. The number of likely N-dealkylation sites (tertiary alicyclic amines) is 1. The molecule has 4 amide bonds. The van der Waals surface area contributed by atoms with Crippen LogP contribution in [0.25, 0.3) is 22.2 Å². The van der Waals surface area contributed by atoms with Crippen LogP contribution < -0.4 is 24.8 Å². The summed E-state index contributed by atoms with van der Waals surface area (Å²) in [6, 6.07) is 14.3. The highest BCUT2D eigenvalue weighted by Gasteiger charge is 2.61. The van der Waals surface area contributed by atoms with Gasteiger partial charge in [0.15, 0.2) is 0 Å². The first-order valence-electron chi connectivity index (χ1n) is 17.1. The standard InChI is InChI=1S/C37H46N6O10S/c1-9-23-20-37(23,34(46)41-54(48,49)42(5)52-8)40-32(44)29-18-25(21-43(29)33(45)31(36(2,3)4)39-35(47)51-7)53-30-19-27(22-13-11-10-12-14-22)38-28-17-24(50-6)15-16-26(28)30/h9-17,19,23,25,29,31H,1,18,20-21H2,2-8H3,(H,39,47)(H,40,44)(H,41,46)/t23?,25-,29+,31-,37-/m1/s1. The summed E-state index contributed by atoms with van der Waals surface area (Å²) in [5, 5.41) is 5.99. The number of nitrogens with one attached hydrogen (secondary N) is 3. The van der Waals surface area contributed by atoms with Gasteiger partial charge in [-0.3, -0.25) is 19.2 Å². The number of aromatic nitrogens is 1. The van der Waals surface area contributed by atoms with Crippen molar-refractivity contribution in [3.05, 3.63) is 67.3 Å². The molecule has 0 radical (unpaired) electrons. The summed E-state index contributed by atoms with van der Waals surface area (Å²) in [6.45, 7) is 8.92. The number of hydrogen-bond acceptors (Lipinski definition) is 11. The van der Waals surface area contributed by atoms with Crippen LogP contribution in [-0.4, -0.2) is 105 Å². The van der Waals surface area contributed by atoms with Crippen LogP contribution in [0.2, 0.25) is 0 Å². The molecule has 0 spiro atoms. The van der Waals surface area contributed by atoms with Gasteiger partial charge in [0, 0.05) is 42.5 Å². The summed E-state index contributed by atoms with van der Waals surface area (Å²) >= 11 is 0. The molecular formula is C37H46N6O10S. The minimum atomic E-state index is -4.42. The molecule has 1 unspecified atom stereocenters. The first-order valence-corrected chi connectivity index (χ1v) is 18.6. The third-order valence-corrected chi connectivity index (χ3v) is 10.9. The molecule has 290 valence electrons. The first kappa shape index (κ1) is 39.9. The Bertz CT molecular complexity index is 2040. The maximum Gasteiger partial charge on any atom is 0.407 e. The van der Waals surface area contributed by atoms with E-state index >= 15 is 0 Å². The Morgan fingerprint density at radius 2 is 1.78 bits per heavy atom. The molecule has 5 rings (SSSR count). The van der Waals surface area contributed by atoms with E-state index in [1.807, 2.05) is 41.1 Å². The number of ether oxygens (including phenoxy) is 3. The van der Waals surface area contributed by atoms with E-state index in [0.29, 0.717) is 32.6 Å². The van der Waals surface area contributed by atoms with E-state index in [1.165, 1.54) is 18.1 Å². The Labute approximate surface area is 314 Å². The predicted molar refractivity (Wildman–Crippen MR) is 198 cm³/mol. The van der Waals surface area contributed by atoms with Gasteiger partial charge in [0.25, 0.3) is 5.91 Å². The van der Waals surface area contributed by atoms with Gasteiger partial charge in [-0.05, 0) is 24.0 Å². The van der Waals surface area contributed by atoms with Crippen molar-refractivity contribution in [2.45, 2.75) is 57.3 Å². The number of hydroxylamine groups is 1. The van der Waals surface area contributed by atoms with Crippen molar-refractivity contribution in [3.63, 3.8) is 0 Å². The van der Waals surface area contributed by atoms with Crippen molar-refractivity contribution in [2.75, 3.05) is 34.9 Å². The monoisotopic (exact) mass is 766 g/mol. The minimum absolute atomic E-state index is 0.0194. The lowest BCUT2D eigenvalue weighted by atomic mass is 9.85. The zero-order chi connectivity index (χ0) is 39.6. The van der Waals surface area contributed by atoms with Crippen LogP contribution in [0, 0.1) is 11.3 Å². The number of nitrogens with zero attached hydrogens (tertiary/aromatic N) is 3. The summed E-state index contributed by atoms with van der Waals surface area (Å²) in [5.41, 5.74) is -0.464. The SMILES string of the molecule is C=CC1C[C@]1(NC(=O)[C@@H]1C[C@@H](Oc2cc(-c3ccccc3)nc3cc(OC)ccc23)CN1C(=O)[C@@H](NC(=O)OC)C(C)(C)C)C(=O)NS(=O)(=O)N(C)OC. The molecule has 1 aromatic heterocycles. The third-order valence-electron chi connectivity index (χ3n) is 9.62. The third kappa shape index (κ3) is 8.27. The van der Waals surface area contributed by atoms with Gasteiger partial charge in [0.1, 0.15) is 35.2 Å². The van der Waals surface area contributed by atoms with E-state index in [9.17, 15) is 27.6 Å². The van der Waals surface area contributed by atoms with Crippen molar-refractivity contribution in [1.82, 2.24) is 29.7 Å². The molecule has 5 atom stereocenters. The number of benzene rings is 2. The van der Waals surface area contributed by atoms with Gasteiger partial charge >= 0.3 is 16.3 Å². The molecular weight excluding hydrogens is 721 g/mol. The van der Waals surface area contributed by atoms with Crippen LogP contribution in [0.15, 0.2) is 67.3 Å². The fourth-order valence-electron chi connectivity index (χ4n) is 6.41. The lowest BCUT2D eigenvalue weighted by Crippen LogP contribution is -2.60. The highest BCUT2D eigenvalue weighted by molar-refractivity contribution is 7.87. The smallest absolute Gasteiger partial charge is 0.407 e. The van der Waals surface area contributed by atoms with Crippen molar-refractivity contribution in [1.29, 1.82) is 0 Å². The summed E-state index contributed by atoms with van der Waals surface area (Å²) in [6.07, 6.45) is -0.110. The lowest BCUT2D eigenvalue weighted by Gasteiger charge is -2.35. The molecule has 3 aromatic rings. The Kier molecular flexibility index (Phi) is 11.5. The second kappa shape index (κ2) is 15.6. The van der Waals surface area contributed by atoms with E-state index in [4.69, 9.17) is 24.0 Å². The maximum absolute atomic E-state index is 14.4. The molecule has 1 aliphatic carbocycles. The Morgan fingerprint density at radius 3 is 2.37 bits per heavy atom. The van der Waals surface area contributed by atoms with Gasteiger partial charge in [-0.15, -0.1) is 6.58 Å². The number of alkyl carbamates (subject to hydrolysis) is 1. The molecule has 2 aliphatic rings. The molecule has 17 heteroatoms. The van der Waals surface area contributed by atoms with Crippen LogP contribution in [0.4, 0.5) is 4.79 Å². The number of hydrogen-bond donors (Lipinski definition) is 3. The highest BCUT2D eigenvalue weighted by Crippen LogP contribution is 2.45. The van der Waals surface area contributed by atoms with Crippen molar-refractivity contribution >= 4 is 44.9 Å². The fraction of sp³-hybridized carbons (Fsp3) is 0.432. The Morgan fingerprint density at radius 1 is 1.07 bits per heavy atom. The van der Waals surface area contributed by atoms with E-state index in [1.54, 1.807) is 46.1 Å². The van der Waals surface area contributed by atoms with Gasteiger partial charge in [-0.25, -0.2) is 14.5 Å². The van der Waals surface area contributed by atoms with E-state index in [0.717, 1.165) is 19.7 Å². The number of rotatable bonds is 13. The molecule has 1 aliphatic heterocycles. The lowest BCUT2D eigenvalue weighted by molar-refractivity contribution is -0.142. The number of carbonyl (C=O) groups is 4. The number of methoxy groups -OCH3 is 2. The molecule has 16 nitrogen and oxygen atoms in total. The van der Waals surface area contributed by atoms with Gasteiger partial charge in [0.05, 0.1) is 39.1 Å². The quantitative estimate of drug-likeness (QED) is 0.171. The molecule has 2 heterocycles. The molecule has 54 heavy (non-hydrogen) atoms. The second-order valence-electron chi connectivity index (χ2n) is 14.2. The zero-order valence-electron chi connectivity index (χ0n) is 31.2. The summed E-state index contributed by atoms with van der Waals surface area (Å²) in [7, 11) is 0.523. The second-order valence-corrected chi connectivity index (χ2v) is 15.9. The summed E-state index contributed by atoms with van der Waals surface area (Å²) in [5.74, 6) is -1.90. The summed E-state index contributed by atoms with van der Waals surface area (Å²) in [4.78, 5) is 65.5. The fourth-order valence-corrected chi connectivity index (χ4v) is 7.15. The Hall–Kier alpha value is -5.26. The van der Waals surface area contributed by atoms with E-state index in [-0.39, 0.29) is 19.4 Å². The molecule has 1 saturated heterocycles. The first-order chi connectivity index (χ1) is 25.5. The maximum atomic E-state index is 14.4. The molecule has 2 fully saturated rings. The predicted octanol–water partition coefficient (Wildman–Crippen LogP) is 2.94. The van der Waals surface area contributed by atoms with Gasteiger partial charge in [-0.2, -0.15) is 8.42 Å².